The first-order chi connectivity index (χ1) is 8.86. The fourth-order valence-electron chi connectivity index (χ4n) is 2.45. The summed E-state index contributed by atoms with van der Waals surface area (Å²) in [7, 11) is 1.60. The van der Waals surface area contributed by atoms with E-state index >= 15 is 0 Å². The Morgan fingerprint density at radius 2 is 2.16 bits per heavy atom. The van der Waals surface area contributed by atoms with E-state index in [9.17, 15) is 9.59 Å². The number of rotatable bonds is 3. The topological polar surface area (TPSA) is 63.4 Å². The normalized spacial score (nSPS) is 22.9. The van der Waals surface area contributed by atoms with Gasteiger partial charge in [0.25, 0.3) is 0 Å². The van der Waals surface area contributed by atoms with E-state index in [2.05, 4.69) is 0 Å². The average Bonchev–Trinajstić information content (AvgIpc) is 2.62. The summed E-state index contributed by atoms with van der Waals surface area (Å²) in [6, 6.07) is 5.07. The van der Waals surface area contributed by atoms with Crippen LogP contribution in [0.3, 0.4) is 0 Å². The zero-order valence-electron chi connectivity index (χ0n) is 10.5. The molecule has 0 aliphatic carbocycles. The summed E-state index contributed by atoms with van der Waals surface area (Å²) >= 11 is 12.0. The molecule has 19 heavy (non-hydrogen) atoms. The summed E-state index contributed by atoms with van der Waals surface area (Å²) in [5.74, 6) is -0.587. The number of likely N-dealkylation sites (tertiary alicyclic amines) is 1. The number of nitrogens with zero attached hydrogens (tertiary/aromatic N) is 1. The SMILES string of the molecule is CN1C(=O)CC[C@@]1(Cc1ccc(Cl)cc1Cl)C(N)=O. The molecule has 0 bridgehead atoms. The number of likely N-dealkylation sites (N-methyl/N-ethyl adjacent to an activating group) is 1. The van der Waals surface area contributed by atoms with Crippen LogP contribution in [-0.2, 0) is 16.0 Å². The molecular formula is C13H14Cl2N2O2. The predicted molar refractivity (Wildman–Crippen MR) is 74.1 cm³/mol. The highest BCUT2D eigenvalue weighted by molar-refractivity contribution is 6.35. The first-order valence-electron chi connectivity index (χ1n) is 5.87. The number of benzene rings is 1. The van der Waals surface area contributed by atoms with Crippen LogP contribution in [0.2, 0.25) is 10.0 Å². The molecule has 2 amide bonds. The van der Waals surface area contributed by atoms with E-state index in [1.807, 2.05) is 0 Å². The van der Waals surface area contributed by atoms with Gasteiger partial charge in [-0.15, -0.1) is 0 Å². The van der Waals surface area contributed by atoms with Gasteiger partial charge in [0.2, 0.25) is 11.8 Å². The molecule has 0 radical (unpaired) electrons. The lowest BCUT2D eigenvalue weighted by Gasteiger charge is -2.33. The molecule has 0 aromatic heterocycles. The van der Waals surface area contributed by atoms with Gasteiger partial charge in [0.1, 0.15) is 5.54 Å². The summed E-state index contributed by atoms with van der Waals surface area (Å²) in [5.41, 5.74) is 5.28. The predicted octanol–water partition coefficient (Wildman–Crippen LogP) is 2.01. The molecule has 2 rings (SSSR count). The maximum absolute atomic E-state index is 11.8. The van der Waals surface area contributed by atoms with E-state index in [4.69, 9.17) is 28.9 Å². The van der Waals surface area contributed by atoms with E-state index < -0.39 is 11.4 Å². The molecule has 1 aromatic rings. The quantitative estimate of drug-likeness (QED) is 0.928. The maximum atomic E-state index is 11.8. The summed E-state index contributed by atoms with van der Waals surface area (Å²) in [6.07, 6.45) is 1.04. The van der Waals surface area contributed by atoms with Crippen molar-refractivity contribution < 1.29 is 9.59 Å². The third-order valence-electron chi connectivity index (χ3n) is 3.73. The molecule has 1 aliphatic heterocycles. The largest absolute Gasteiger partial charge is 0.368 e. The smallest absolute Gasteiger partial charge is 0.243 e. The van der Waals surface area contributed by atoms with Crippen LogP contribution in [0.15, 0.2) is 18.2 Å². The fourth-order valence-corrected chi connectivity index (χ4v) is 2.93. The molecule has 1 aliphatic rings. The summed E-state index contributed by atoms with van der Waals surface area (Å²) in [5, 5.41) is 0.999. The van der Waals surface area contributed by atoms with Gasteiger partial charge in [-0.3, -0.25) is 9.59 Å². The minimum Gasteiger partial charge on any atom is -0.368 e. The van der Waals surface area contributed by atoms with Gasteiger partial charge in [-0.05, 0) is 24.1 Å². The van der Waals surface area contributed by atoms with Gasteiger partial charge in [-0.2, -0.15) is 0 Å². The second-order valence-corrected chi connectivity index (χ2v) is 5.60. The van der Waals surface area contributed by atoms with Crippen molar-refractivity contribution >= 4 is 35.0 Å². The zero-order valence-corrected chi connectivity index (χ0v) is 12.0. The van der Waals surface area contributed by atoms with Gasteiger partial charge in [-0.1, -0.05) is 29.3 Å². The molecule has 0 saturated carbocycles. The Balaban J connectivity index is 2.37. The highest BCUT2D eigenvalue weighted by Gasteiger charge is 2.48. The molecule has 1 fully saturated rings. The molecule has 0 unspecified atom stereocenters. The van der Waals surface area contributed by atoms with Crippen molar-refractivity contribution in [3.63, 3.8) is 0 Å². The summed E-state index contributed by atoms with van der Waals surface area (Å²) in [6.45, 7) is 0. The lowest BCUT2D eigenvalue weighted by molar-refractivity contribution is -0.137. The van der Waals surface area contributed by atoms with E-state index in [1.165, 1.54) is 4.90 Å². The molecule has 1 aromatic carbocycles. The van der Waals surface area contributed by atoms with Crippen LogP contribution in [0, 0.1) is 0 Å². The van der Waals surface area contributed by atoms with Crippen molar-refractivity contribution in [2.45, 2.75) is 24.8 Å². The highest BCUT2D eigenvalue weighted by Crippen LogP contribution is 2.34. The van der Waals surface area contributed by atoms with Gasteiger partial charge in [0.15, 0.2) is 0 Å². The van der Waals surface area contributed by atoms with Crippen LogP contribution >= 0.6 is 23.2 Å². The monoisotopic (exact) mass is 300 g/mol. The van der Waals surface area contributed by atoms with Gasteiger partial charge >= 0.3 is 0 Å². The lowest BCUT2D eigenvalue weighted by atomic mass is 9.87. The third kappa shape index (κ3) is 2.42. The van der Waals surface area contributed by atoms with Crippen LogP contribution in [-0.4, -0.2) is 29.3 Å². The van der Waals surface area contributed by atoms with E-state index in [1.54, 1.807) is 25.2 Å². The van der Waals surface area contributed by atoms with Gasteiger partial charge in [-0.25, -0.2) is 0 Å². The molecule has 2 N–H and O–H groups in total. The number of amides is 2. The van der Waals surface area contributed by atoms with Gasteiger partial charge in [0.05, 0.1) is 0 Å². The Bertz CT molecular complexity index is 547. The van der Waals surface area contributed by atoms with Crippen LogP contribution in [0.1, 0.15) is 18.4 Å². The van der Waals surface area contributed by atoms with Crippen molar-refractivity contribution in [3.8, 4) is 0 Å². The summed E-state index contributed by atoms with van der Waals surface area (Å²) in [4.78, 5) is 24.9. The number of halogens is 2. The Hall–Kier alpha value is -1.26. The molecule has 1 heterocycles. The number of primary amides is 1. The number of hydrogen-bond donors (Lipinski definition) is 1. The zero-order chi connectivity index (χ0) is 14.2. The van der Waals surface area contributed by atoms with E-state index in [0.717, 1.165) is 5.56 Å². The summed E-state index contributed by atoms with van der Waals surface area (Å²) < 4.78 is 0. The molecule has 0 spiro atoms. The third-order valence-corrected chi connectivity index (χ3v) is 4.31. The van der Waals surface area contributed by atoms with Crippen molar-refractivity contribution in [3.05, 3.63) is 33.8 Å². The van der Waals surface area contributed by atoms with Gasteiger partial charge < -0.3 is 10.6 Å². The van der Waals surface area contributed by atoms with Crippen LogP contribution < -0.4 is 5.73 Å². The second kappa shape index (κ2) is 5.02. The second-order valence-electron chi connectivity index (χ2n) is 4.76. The molecule has 1 saturated heterocycles. The molecule has 1 atom stereocenters. The van der Waals surface area contributed by atoms with Crippen molar-refractivity contribution in [1.82, 2.24) is 4.90 Å². The lowest BCUT2D eigenvalue weighted by Crippen LogP contribution is -2.54. The Morgan fingerprint density at radius 1 is 1.47 bits per heavy atom. The van der Waals surface area contributed by atoms with Crippen LogP contribution in [0.5, 0.6) is 0 Å². The van der Waals surface area contributed by atoms with Crippen molar-refractivity contribution in [2.75, 3.05) is 7.05 Å². The van der Waals surface area contributed by atoms with E-state index in [0.29, 0.717) is 29.3 Å². The van der Waals surface area contributed by atoms with E-state index in [-0.39, 0.29) is 5.91 Å². The van der Waals surface area contributed by atoms with Crippen LogP contribution in [0.25, 0.3) is 0 Å². The Morgan fingerprint density at radius 3 is 2.63 bits per heavy atom. The van der Waals surface area contributed by atoms with Crippen LogP contribution in [0.4, 0.5) is 0 Å². The molecule has 4 nitrogen and oxygen atoms in total. The molecule has 102 valence electrons. The number of hydrogen-bond acceptors (Lipinski definition) is 2. The standard InChI is InChI=1S/C13H14Cl2N2O2/c1-17-11(18)4-5-13(17,12(16)19)7-8-2-3-9(14)6-10(8)15/h2-3,6H,4-5,7H2,1H3,(H2,16,19)/t13-/m1/s1. The first-order valence-corrected chi connectivity index (χ1v) is 6.63. The van der Waals surface area contributed by atoms with Crippen molar-refractivity contribution in [1.29, 1.82) is 0 Å². The first kappa shape index (κ1) is 14.2. The Labute approximate surface area is 121 Å². The molecular weight excluding hydrogens is 287 g/mol. The van der Waals surface area contributed by atoms with Crippen molar-refractivity contribution in [2.24, 2.45) is 5.73 Å². The van der Waals surface area contributed by atoms with Gasteiger partial charge in [0, 0.05) is 29.9 Å². The highest BCUT2D eigenvalue weighted by atomic mass is 35.5. The number of nitrogens with two attached hydrogens (primary N) is 1. The number of carbonyl (C=O) groups excluding carboxylic acids is 2. The fraction of sp³-hybridized carbons (Fsp3) is 0.385. The average molecular weight is 301 g/mol. The maximum Gasteiger partial charge on any atom is 0.243 e. The minimum absolute atomic E-state index is 0.0797. The molecule has 6 heteroatoms. The number of carbonyl (C=O) groups is 2. The Kier molecular flexibility index (Phi) is 3.74. The minimum atomic E-state index is -0.992.